The molecule has 1 fully saturated rings. The van der Waals surface area contributed by atoms with Crippen molar-refractivity contribution in [3.8, 4) is 11.5 Å². The van der Waals surface area contributed by atoms with E-state index in [0.717, 1.165) is 5.69 Å². The van der Waals surface area contributed by atoms with Crippen molar-refractivity contribution in [3.05, 3.63) is 54.1 Å². The third-order valence-electron chi connectivity index (χ3n) is 4.38. The van der Waals surface area contributed by atoms with Crippen LogP contribution >= 0.6 is 0 Å². The Bertz CT molecular complexity index is 852. The summed E-state index contributed by atoms with van der Waals surface area (Å²) < 4.78 is 10.4. The Morgan fingerprint density at radius 1 is 1.19 bits per heavy atom. The van der Waals surface area contributed by atoms with Gasteiger partial charge >= 0.3 is 0 Å². The van der Waals surface area contributed by atoms with Gasteiger partial charge in [0.25, 0.3) is 0 Å². The Kier molecular flexibility index (Phi) is 5.71. The van der Waals surface area contributed by atoms with Gasteiger partial charge in [-0.2, -0.15) is 5.10 Å². The summed E-state index contributed by atoms with van der Waals surface area (Å²) in [7, 11) is 3.12. The smallest absolute Gasteiger partial charge is 0.245 e. The summed E-state index contributed by atoms with van der Waals surface area (Å²) in [5, 5.41) is 4.00. The van der Waals surface area contributed by atoms with Crippen LogP contribution in [-0.2, 0) is 9.59 Å². The maximum absolute atomic E-state index is 12.4. The molecule has 0 aliphatic carbocycles. The molecule has 0 saturated carbocycles. The van der Waals surface area contributed by atoms with Gasteiger partial charge in [-0.15, -0.1) is 0 Å². The predicted octanol–water partition coefficient (Wildman–Crippen LogP) is 2.21. The molecule has 3 rings (SSSR count). The Morgan fingerprint density at radius 3 is 2.67 bits per heavy atom. The largest absolute Gasteiger partial charge is 0.497 e. The maximum Gasteiger partial charge on any atom is 0.245 e. The van der Waals surface area contributed by atoms with Crippen LogP contribution in [0.3, 0.4) is 0 Å². The Labute approximate surface area is 157 Å². The molecule has 1 N–H and O–H groups in total. The number of hydrogen-bond donors (Lipinski definition) is 1. The van der Waals surface area contributed by atoms with Crippen LogP contribution in [0.25, 0.3) is 0 Å². The van der Waals surface area contributed by atoms with E-state index >= 15 is 0 Å². The molecule has 2 amide bonds. The first-order valence-electron chi connectivity index (χ1n) is 8.52. The molecule has 1 saturated heterocycles. The molecule has 0 unspecified atom stereocenters. The number of hydrogen-bond acceptors (Lipinski definition) is 5. The molecule has 2 aromatic carbocycles. The highest BCUT2D eigenvalue weighted by Crippen LogP contribution is 2.25. The highest BCUT2D eigenvalue weighted by Gasteiger charge is 2.34. The summed E-state index contributed by atoms with van der Waals surface area (Å²) >= 11 is 0. The fourth-order valence-electron chi connectivity index (χ4n) is 2.92. The zero-order chi connectivity index (χ0) is 19.2. The van der Waals surface area contributed by atoms with Gasteiger partial charge in [0.05, 0.1) is 26.4 Å². The lowest BCUT2D eigenvalue weighted by molar-refractivity contribution is -0.126. The molecule has 140 valence electrons. The van der Waals surface area contributed by atoms with Gasteiger partial charge in [-0.1, -0.05) is 18.2 Å². The second-order valence-corrected chi connectivity index (χ2v) is 6.08. The molecule has 0 radical (unpaired) electrons. The highest BCUT2D eigenvalue weighted by atomic mass is 16.5. The minimum atomic E-state index is -0.437. The van der Waals surface area contributed by atoms with E-state index in [1.807, 2.05) is 30.3 Å². The number of benzene rings is 2. The van der Waals surface area contributed by atoms with E-state index in [1.165, 1.54) is 6.21 Å². The average Bonchev–Trinajstić information content (AvgIpc) is 3.10. The van der Waals surface area contributed by atoms with Crippen molar-refractivity contribution in [2.45, 2.75) is 6.42 Å². The van der Waals surface area contributed by atoms with Crippen LogP contribution in [-0.4, -0.2) is 38.8 Å². The van der Waals surface area contributed by atoms with E-state index in [-0.39, 0.29) is 18.2 Å². The molecular formula is C20H21N3O4. The van der Waals surface area contributed by atoms with Crippen molar-refractivity contribution in [3.63, 3.8) is 0 Å². The van der Waals surface area contributed by atoms with Crippen LogP contribution in [0.5, 0.6) is 11.5 Å². The number of anilines is 1. The van der Waals surface area contributed by atoms with Crippen LogP contribution in [0.15, 0.2) is 53.6 Å². The number of carbonyl (C=O) groups is 2. The predicted molar refractivity (Wildman–Crippen MR) is 102 cm³/mol. The lowest BCUT2D eigenvalue weighted by atomic mass is 10.1. The zero-order valence-corrected chi connectivity index (χ0v) is 15.2. The number of carbonyl (C=O) groups excluding carboxylic acids is 2. The normalized spacial score (nSPS) is 16.6. The van der Waals surface area contributed by atoms with Crippen LogP contribution in [0.1, 0.15) is 12.0 Å². The summed E-state index contributed by atoms with van der Waals surface area (Å²) in [4.78, 5) is 26.2. The summed E-state index contributed by atoms with van der Waals surface area (Å²) in [6.07, 6.45) is 1.67. The first-order chi connectivity index (χ1) is 13.1. The van der Waals surface area contributed by atoms with Gasteiger partial charge < -0.3 is 14.4 Å². The molecular weight excluding hydrogens is 346 g/mol. The van der Waals surface area contributed by atoms with Crippen molar-refractivity contribution in [1.29, 1.82) is 0 Å². The third-order valence-corrected chi connectivity index (χ3v) is 4.38. The number of rotatable bonds is 6. The van der Waals surface area contributed by atoms with Crippen LogP contribution < -0.4 is 19.8 Å². The first kappa shape index (κ1) is 18.4. The molecule has 1 aliphatic rings. The average molecular weight is 367 g/mol. The fraction of sp³-hybridized carbons (Fsp3) is 0.250. The molecule has 2 aromatic rings. The summed E-state index contributed by atoms with van der Waals surface area (Å²) in [5.41, 5.74) is 4.01. The second kappa shape index (κ2) is 8.35. The van der Waals surface area contributed by atoms with Gasteiger partial charge in [0.2, 0.25) is 11.8 Å². The van der Waals surface area contributed by atoms with E-state index in [1.54, 1.807) is 37.3 Å². The van der Waals surface area contributed by atoms with E-state index in [4.69, 9.17) is 9.47 Å². The quantitative estimate of drug-likeness (QED) is 0.627. The van der Waals surface area contributed by atoms with E-state index in [2.05, 4.69) is 10.5 Å². The minimum Gasteiger partial charge on any atom is -0.497 e. The van der Waals surface area contributed by atoms with Gasteiger partial charge in [-0.25, -0.2) is 5.43 Å². The van der Waals surface area contributed by atoms with Crippen molar-refractivity contribution < 1.29 is 19.1 Å². The summed E-state index contributed by atoms with van der Waals surface area (Å²) in [5.74, 6) is 0.456. The van der Waals surface area contributed by atoms with E-state index < -0.39 is 5.92 Å². The Morgan fingerprint density at radius 2 is 1.96 bits per heavy atom. The fourth-order valence-corrected chi connectivity index (χ4v) is 2.92. The molecule has 1 heterocycles. The minimum absolute atomic E-state index is 0.0675. The van der Waals surface area contributed by atoms with Gasteiger partial charge in [0, 0.05) is 30.3 Å². The topological polar surface area (TPSA) is 80.2 Å². The van der Waals surface area contributed by atoms with Crippen molar-refractivity contribution in [2.24, 2.45) is 11.0 Å². The van der Waals surface area contributed by atoms with E-state index in [0.29, 0.717) is 23.6 Å². The molecule has 0 spiro atoms. The third kappa shape index (κ3) is 4.25. The highest BCUT2D eigenvalue weighted by molar-refractivity contribution is 6.00. The number of nitrogens with zero attached hydrogens (tertiary/aromatic N) is 2. The molecule has 0 bridgehead atoms. The number of amides is 2. The van der Waals surface area contributed by atoms with E-state index in [9.17, 15) is 9.59 Å². The molecule has 0 aromatic heterocycles. The Hall–Kier alpha value is -3.35. The lowest BCUT2D eigenvalue weighted by Crippen LogP contribution is -2.30. The summed E-state index contributed by atoms with van der Waals surface area (Å²) in [6, 6.07) is 14.6. The monoisotopic (exact) mass is 367 g/mol. The SMILES string of the molecule is COc1ccc(/C=N\NC(=O)[C@H]2CC(=O)N(c3ccccc3)C2)c(OC)c1. The molecule has 27 heavy (non-hydrogen) atoms. The zero-order valence-electron chi connectivity index (χ0n) is 15.2. The molecule has 1 aliphatic heterocycles. The maximum atomic E-state index is 12.4. The van der Waals surface area contributed by atoms with Crippen LogP contribution in [0.2, 0.25) is 0 Å². The first-order valence-corrected chi connectivity index (χ1v) is 8.52. The van der Waals surface area contributed by atoms with Crippen molar-refractivity contribution >= 4 is 23.7 Å². The number of methoxy groups -OCH3 is 2. The number of para-hydroxylation sites is 1. The molecule has 7 nitrogen and oxygen atoms in total. The second-order valence-electron chi connectivity index (χ2n) is 6.08. The van der Waals surface area contributed by atoms with Gasteiger partial charge in [0.1, 0.15) is 11.5 Å². The number of ether oxygens (including phenoxy) is 2. The molecule has 7 heteroatoms. The van der Waals surface area contributed by atoms with Crippen molar-refractivity contribution in [2.75, 3.05) is 25.7 Å². The van der Waals surface area contributed by atoms with Gasteiger partial charge in [0.15, 0.2) is 0 Å². The van der Waals surface area contributed by atoms with Gasteiger partial charge in [-0.05, 0) is 24.3 Å². The van der Waals surface area contributed by atoms with Gasteiger partial charge in [-0.3, -0.25) is 9.59 Å². The Balaban J connectivity index is 1.61. The van der Waals surface area contributed by atoms with Crippen LogP contribution in [0, 0.1) is 5.92 Å². The summed E-state index contributed by atoms with van der Waals surface area (Å²) in [6.45, 7) is 0.343. The number of nitrogens with one attached hydrogen (secondary N) is 1. The van der Waals surface area contributed by atoms with Crippen LogP contribution in [0.4, 0.5) is 5.69 Å². The molecule has 1 atom stereocenters. The lowest BCUT2D eigenvalue weighted by Gasteiger charge is -2.16. The number of hydrazone groups is 1. The van der Waals surface area contributed by atoms with Crippen molar-refractivity contribution in [1.82, 2.24) is 5.43 Å². The standard InChI is InChI=1S/C20H21N3O4/c1-26-17-9-8-14(18(11-17)27-2)12-21-22-20(25)15-10-19(24)23(13-15)16-6-4-3-5-7-16/h3-9,11-12,15H,10,13H2,1-2H3,(H,22,25)/b21-12-/t15-/m0/s1.